The standard InChI is InChI=1S/C14H20ClNO3S/c1-16(12-5-3-2-4-6-12)20(18,19)13-7-8-14(15)11(9-13)10-17/h7-9,12,17H,2-6,10H2,1H3. The molecule has 4 nitrogen and oxygen atoms in total. The van der Waals surface area contributed by atoms with Crippen molar-refractivity contribution in [3.8, 4) is 0 Å². The van der Waals surface area contributed by atoms with Gasteiger partial charge in [0.25, 0.3) is 0 Å². The Morgan fingerprint density at radius 3 is 2.55 bits per heavy atom. The lowest BCUT2D eigenvalue weighted by Crippen LogP contribution is -2.38. The fourth-order valence-corrected chi connectivity index (χ4v) is 4.28. The van der Waals surface area contributed by atoms with E-state index in [9.17, 15) is 13.5 Å². The third kappa shape index (κ3) is 3.17. The number of hydrogen-bond donors (Lipinski definition) is 1. The summed E-state index contributed by atoms with van der Waals surface area (Å²) in [7, 11) is -1.89. The van der Waals surface area contributed by atoms with Gasteiger partial charge in [-0.1, -0.05) is 30.9 Å². The van der Waals surface area contributed by atoms with Gasteiger partial charge in [-0.05, 0) is 36.6 Å². The van der Waals surface area contributed by atoms with E-state index in [4.69, 9.17) is 11.6 Å². The normalized spacial score (nSPS) is 17.6. The van der Waals surface area contributed by atoms with Crippen LogP contribution in [0.2, 0.25) is 5.02 Å². The van der Waals surface area contributed by atoms with Crippen molar-refractivity contribution < 1.29 is 13.5 Å². The molecule has 1 aromatic rings. The van der Waals surface area contributed by atoms with Gasteiger partial charge in [-0.25, -0.2) is 8.42 Å². The minimum absolute atomic E-state index is 0.0713. The molecule has 1 fully saturated rings. The van der Waals surface area contributed by atoms with E-state index >= 15 is 0 Å². The van der Waals surface area contributed by atoms with Crippen LogP contribution in [0.5, 0.6) is 0 Å². The van der Waals surface area contributed by atoms with Crippen molar-refractivity contribution in [2.75, 3.05) is 7.05 Å². The zero-order valence-electron chi connectivity index (χ0n) is 11.5. The molecule has 112 valence electrons. The van der Waals surface area contributed by atoms with Gasteiger partial charge < -0.3 is 5.11 Å². The maximum Gasteiger partial charge on any atom is 0.243 e. The highest BCUT2D eigenvalue weighted by atomic mass is 35.5. The van der Waals surface area contributed by atoms with Crippen LogP contribution in [0.1, 0.15) is 37.7 Å². The predicted molar refractivity (Wildman–Crippen MR) is 79.2 cm³/mol. The van der Waals surface area contributed by atoms with Gasteiger partial charge in [0, 0.05) is 18.1 Å². The quantitative estimate of drug-likeness (QED) is 0.929. The molecule has 0 aliphatic heterocycles. The first kappa shape index (κ1) is 15.8. The molecule has 0 saturated heterocycles. The molecule has 1 aromatic carbocycles. The van der Waals surface area contributed by atoms with E-state index in [0.717, 1.165) is 25.7 Å². The van der Waals surface area contributed by atoms with E-state index < -0.39 is 10.0 Å². The van der Waals surface area contributed by atoms with Gasteiger partial charge in [0.05, 0.1) is 11.5 Å². The summed E-state index contributed by atoms with van der Waals surface area (Å²) >= 11 is 5.91. The summed E-state index contributed by atoms with van der Waals surface area (Å²) in [6, 6.07) is 4.55. The van der Waals surface area contributed by atoms with Gasteiger partial charge in [0.2, 0.25) is 10.0 Å². The Bertz CT molecular complexity index is 568. The molecule has 0 amide bonds. The summed E-state index contributed by atoms with van der Waals surface area (Å²) in [5.41, 5.74) is 0.435. The Kier molecular flexibility index (Phi) is 5.07. The van der Waals surface area contributed by atoms with Crippen LogP contribution in [0.25, 0.3) is 0 Å². The number of sulfonamides is 1. The van der Waals surface area contributed by atoms with Crippen LogP contribution in [-0.2, 0) is 16.6 Å². The van der Waals surface area contributed by atoms with Gasteiger partial charge in [-0.3, -0.25) is 0 Å². The molecular formula is C14H20ClNO3S. The van der Waals surface area contributed by atoms with Gasteiger partial charge in [-0.15, -0.1) is 0 Å². The van der Waals surface area contributed by atoms with E-state index in [0.29, 0.717) is 10.6 Å². The van der Waals surface area contributed by atoms with Crippen LogP contribution in [0.3, 0.4) is 0 Å². The highest BCUT2D eigenvalue weighted by molar-refractivity contribution is 7.89. The molecular weight excluding hydrogens is 298 g/mol. The van der Waals surface area contributed by atoms with Gasteiger partial charge >= 0.3 is 0 Å². The minimum atomic E-state index is -3.52. The largest absolute Gasteiger partial charge is 0.392 e. The molecule has 1 saturated carbocycles. The molecule has 0 bridgehead atoms. The van der Waals surface area contributed by atoms with Crippen molar-refractivity contribution in [1.82, 2.24) is 4.31 Å². The Hall–Kier alpha value is -0.620. The number of halogens is 1. The fourth-order valence-electron chi connectivity index (χ4n) is 2.64. The molecule has 20 heavy (non-hydrogen) atoms. The Labute approximate surface area is 125 Å². The predicted octanol–water partition coefficient (Wildman–Crippen LogP) is 2.79. The van der Waals surface area contributed by atoms with Crippen LogP contribution in [-0.4, -0.2) is 30.9 Å². The SMILES string of the molecule is CN(C1CCCCC1)S(=O)(=O)c1ccc(Cl)c(CO)c1. The number of aliphatic hydroxyl groups excluding tert-OH is 1. The molecule has 0 heterocycles. The molecule has 1 aliphatic carbocycles. The second-order valence-electron chi connectivity index (χ2n) is 5.22. The number of nitrogens with zero attached hydrogens (tertiary/aromatic N) is 1. The first-order valence-corrected chi connectivity index (χ1v) is 8.66. The molecule has 6 heteroatoms. The minimum Gasteiger partial charge on any atom is -0.392 e. The number of aliphatic hydroxyl groups is 1. The zero-order valence-corrected chi connectivity index (χ0v) is 13.1. The summed E-state index contributed by atoms with van der Waals surface area (Å²) in [6.45, 7) is -0.269. The summed E-state index contributed by atoms with van der Waals surface area (Å²) in [4.78, 5) is 0.194. The van der Waals surface area contributed by atoms with Crippen LogP contribution in [0, 0.1) is 0 Å². The smallest absolute Gasteiger partial charge is 0.243 e. The van der Waals surface area contributed by atoms with E-state index in [1.807, 2.05) is 0 Å². The van der Waals surface area contributed by atoms with Crippen LogP contribution in [0.15, 0.2) is 23.1 Å². The van der Waals surface area contributed by atoms with Crippen molar-refractivity contribution in [3.05, 3.63) is 28.8 Å². The number of hydrogen-bond acceptors (Lipinski definition) is 3. The van der Waals surface area contributed by atoms with Gasteiger partial charge in [0.15, 0.2) is 0 Å². The highest BCUT2D eigenvalue weighted by Gasteiger charge is 2.29. The van der Waals surface area contributed by atoms with Crippen LogP contribution < -0.4 is 0 Å². The van der Waals surface area contributed by atoms with Crippen molar-refractivity contribution in [2.24, 2.45) is 0 Å². The summed E-state index contributed by atoms with van der Waals surface area (Å²) in [5, 5.41) is 9.58. The Morgan fingerprint density at radius 1 is 1.30 bits per heavy atom. The van der Waals surface area contributed by atoms with E-state index in [-0.39, 0.29) is 17.5 Å². The first-order chi connectivity index (χ1) is 9.46. The first-order valence-electron chi connectivity index (χ1n) is 6.84. The second-order valence-corrected chi connectivity index (χ2v) is 7.63. The lowest BCUT2D eigenvalue weighted by atomic mass is 9.96. The summed E-state index contributed by atoms with van der Waals surface area (Å²) < 4.78 is 26.7. The van der Waals surface area contributed by atoms with Crippen LogP contribution in [0.4, 0.5) is 0 Å². The van der Waals surface area contributed by atoms with Crippen molar-refractivity contribution in [2.45, 2.75) is 49.6 Å². The Morgan fingerprint density at radius 2 is 1.95 bits per heavy atom. The average Bonchev–Trinajstić information content (AvgIpc) is 2.47. The molecule has 0 unspecified atom stereocenters. The fraction of sp³-hybridized carbons (Fsp3) is 0.571. The maximum atomic E-state index is 12.6. The second kappa shape index (κ2) is 6.43. The topological polar surface area (TPSA) is 57.6 Å². The lowest BCUT2D eigenvalue weighted by molar-refractivity contribution is 0.281. The van der Waals surface area contributed by atoms with E-state index in [2.05, 4.69) is 0 Å². The molecule has 0 aromatic heterocycles. The number of benzene rings is 1. The monoisotopic (exact) mass is 317 g/mol. The molecule has 1 aliphatic rings. The van der Waals surface area contributed by atoms with Crippen LogP contribution >= 0.6 is 11.6 Å². The molecule has 0 spiro atoms. The highest BCUT2D eigenvalue weighted by Crippen LogP contribution is 2.28. The van der Waals surface area contributed by atoms with Crippen molar-refractivity contribution in [3.63, 3.8) is 0 Å². The van der Waals surface area contributed by atoms with Crippen molar-refractivity contribution in [1.29, 1.82) is 0 Å². The molecule has 1 N–H and O–H groups in total. The number of rotatable bonds is 4. The average molecular weight is 318 g/mol. The third-order valence-electron chi connectivity index (χ3n) is 3.95. The summed E-state index contributed by atoms with van der Waals surface area (Å²) in [5.74, 6) is 0. The Balaban J connectivity index is 2.29. The molecule has 2 rings (SSSR count). The molecule has 0 atom stereocenters. The van der Waals surface area contributed by atoms with E-state index in [1.54, 1.807) is 7.05 Å². The van der Waals surface area contributed by atoms with Gasteiger partial charge in [0.1, 0.15) is 0 Å². The summed E-state index contributed by atoms with van der Waals surface area (Å²) in [6.07, 6.45) is 5.16. The third-order valence-corrected chi connectivity index (χ3v) is 6.23. The van der Waals surface area contributed by atoms with Gasteiger partial charge in [-0.2, -0.15) is 4.31 Å². The maximum absolute atomic E-state index is 12.6. The molecule has 0 radical (unpaired) electrons. The van der Waals surface area contributed by atoms with Crippen molar-refractivity contribution >= 4 is 21.6 Å². The lowest BCUT2D eigenvalue weighted by Gasteiger charge is -2.30. The van der Waals surface area contributed by atoms with E-state index in [1.165, 1.54) is 28.9 Å². The zero-order chi connectivity index (χ0) is 14.8.